The highest BCUT2D eigenvalue weighted by atomic mass is 16.3. The van der Waals surface area contributed by atoms with E-state index >= 15 is 0 Å². The van der Waals surface area contributed by atoms with Crippen LogP contribution in [0.15, 0.2) is 11.2 Å². The molecule has 17 heavy (non-hydrogen) atoms. The predicted octanol–water partition coefficient (Wildman–Crippen LogP) is 3.46. The molecule has 0 atom stereocenters. The van der Waals surface area contributed by atoms with E-state index in [2.05, 4.69) is 17.1 Å². The van der Waals surface area contributed by atoms with E-state index in [-0.39, 0.29) is 11.6 Å². The monoisotopic (exact) mass is 230 g/mol. The minimum absolute atomic E-state index is 0.117. The summed E-state index contributed by atoms with van der Waals surface area (Å²) in [5.41, 5.74) is 4.82. The van der Waals surface area contributed by atoms with Crippen LogP contribution in [0, 0.1) is 11.8 Å². The number of fused-ring (bicyclic) bond motifs is 3. The lowest BCUT2D eigenvalue weighted by atomic mass is 9.87. The number of nitrogens with one attached hydrogen (secondary N) is 1. The molecular formula is C13H14N2O2. The van der Waals surface area contributed by atoms with E-state index in [1.165, 1.54) is 23.1 Å². The second-order valence-corrected chi connectivity index (χ2v) is 4.69. The van der Waals surface area contributed by atoms with Gasteiger partial charge in [0.1, 0.15) is 0 Å². The number of H-pyrrole nitrogens is 1. The van der Waals surface area contributed by atoms with E-state index in [1.807, 2.05) is 6.07 Å². The first-order chi connectivity index (χ1) is 8.22. The van der Waals surface area contributed by atoms with Crippen molar-refractivity contribution in [3.8, 4) is 5.88 Å². The zero-order chi connectivity index (χ0) is 12.0. The van der Waals surface area contributed by atoms with Crippen LogP contribution < -0.4 is 0 Å². The molecule has 4 heteroatoms. The lowest BCUT2D eigenvalue weighted by Crippen LogP contribution is -2.05. The smallest absolute Gasteiger partial charge is 0.219 e. The van der Waals surface area contributed by atoms with Gasteiger partial charge in [-0.3, -0.25) is 0 Å². The molecule has 2 aromatic rings. The third-order valence-corrected chi connectivity index (χ3v) is 3.69. The van der Waals surface area contributed by atoms with Crippen molar-refractivity contribution < 1.29 is 5.11 Å². The molecule has 1 aliphatic carbocycles. The Morgan fingerprint density at radius 2 is 2.00 bits per heavy atom. The number of benzene rings is 1. The zero-order valence-corrected chi connectivity index (χ0v) is 9.71. The lowest BCUT2D eigenvalue weighted by molar-refractivity contribution is 0.460. The molecule has 3 rings (SSSR count). The predicted molar refractivity (Wildman–Crippen MR) is 66.8 cm³/mol. The Morgan fingerprint density at radius 3 is 2.71 bits per heavy atom. The second-order valence-electron chi connectivity index (χ2n) is 4.69. The highest BCUT2D eigenvalue weighted by Crippen LogP contribution is 2.40. The van der Waals surface area contributed by atoms with Crippen LogP contribution in [0.25, 0.3) is 10.9 Å². The third-order valence-electron chi connectivity index (χ3n) is 3.69. The third kappa shape index (κ3) is 1.37. The van der Waals surface area contributed by atoms with Crippen molar-refractivity contribution in [3.05, 3.63) is 27.7 Å². The molecule has 0 unspecified atom stereocenters. The maximum absolute atomic E-state index is 10.8. The molecular weight excluding hydrogens is 216 g/mol. The molecule has 1 heterocycles. The largest absolute Gasteiger partial charge is 0.493 e. The van der Waals surface area contributed by atoms with Crippen LogP contribution in [-0.4, -0.2) is 10.1 Å². The number of hydrogen-bond acceptors (Lipinski definition) is 3. The normalized spacial score (nSPS) is 14.9. The average Bonchev–Trinajstić information content (AvgIpc) is 2.66. The highest BCUT2D eigenvalue weighted by Gasteiger charge is 2.20. The summed E-state index contributed by atoms with van der Waals surface area (Å²) in [6.45, 7) is 2.06. The van der Waals surface area contributed by atoms with Crippen LogP contribution in [0.5, 0.6) is 5.88 Å². The maximum atomic E-state index is 10.8. The number of aryl methyl sites for hydroxylation is 2. The van der Waals surface area contributed by atoms with E-state index in [0.717, 1.165) is 30.2 Å². The Bertz CT molecular complexity index is 614. The number of aromatic nitrogens is 1. The zero-order valence-electron chi connectivity index (χ0n) is 9.71. The molecule has 0 saturated carbocycles. The van der Waals surface area contributed by atoms with Gasteiger partial charge in [-0.15, -0.1) is 4.91 Å². The number of aromatic amines is 1. The minimum atomic E-state index is -0.117. The van der Waals surface area contributed by atoms with Crippen LogP contribution in [0.4, 0.5) is 5.69 Å². The van der Waals surface area contributed by atoms with E-state index in [0.29, 0.717) is 0 Å². The van der Waals surface area contributed by atoms with Crippen molar-refractivity contribution in [3.63, 3.8) is 0 Å². The van der Waals surface area contributed by atoms with Crippen molar-refractivity contribution in [2.45, 2.75) is 32.6 Å². The van der Waals surface area contributed by atoms with E-state index in [9.17, 15) is 10.0 Å². The summed E-state index contributed by atoms with van der Waals surface area (Å²) in [6.07, 6.45) is 4.46. The molecule has 0 aliphatic heterocycles. The van der Waals surface area contributed by atoms with E-state index in [4.69, 9.17) is 0 Å². The van der Waals surface area contributed by atoms with Gasteiger partial charge in [-0.25, -0.2) is 0 Å². The Morgan fingerprint density at radius 1 is 1.29 bits per heavy atom. The number of rotatable bonds is 1. The number of nitroso groups, excluding NO2 is 1. The topological polar surface area (TPSA) is 65.4 Å². The summed E-state index contributed by atoms with van der Waals surface area (Å²) in [7, 11) is 0. The molecule has 0 bridgehead atoms. The minimum Gasteiger partial charge on any atom is -0.493 e. The van der Waals surface area contributed by atoms with Crippen molar-refractivity contribution >= 4 is 16.6 Å². The van der Waals surface area contributed by atoms with Gasteiger partial charge in [0, 0.05) is 5.39 Å². The molecule has 0 saturated heterocycles. The van der Waals surface area contributed by atoms with Gasteiger partial charge in [-0.1, -0.05) is 0 Å². The van der Waals surface area contributed by atoms with Crippen molar-refractivity contribution in [1.29, 1.82) is 0 Å². The molecule has 0 spiro atoms. The van der Waals surface area contributed by atoms with E-state index < -0.39 is 0 Å². The first kappa shape index (κ1) is 10.3. The van der Waals surface area contributed by atoms with Gasteiger partial charge in [0.15, 0.2) is 5.69 Å². The summed E-state index contributed by atoms with van der Waals surface area (Å²) in [5, 5.41) is 13.3. The second kappa shape index (κ2) is 3.58. The van der Waals surface area contributed by atoms with Gasteiger partial charge in [0.05, 0.1) is 5.52 Å². The molecule has 0 radical (unpaired) electrons. The van der Waals surface area contributed by atoms with E-state index in [1.54, 1.807) is 0 Å². The summed E-state index contributed by atoms with van der Waals surface area (Å²) in [5.74, 6) is -0.117. The molecule has 0 fully saturated rings. The van der Waals surface area contributed by atoms with Gasteiger partial charge >= 0.3 is 0 Å². The molecule has 4 nitrogen and oxygen atoms in total. The van der Waals surface area contributed by atoms with Crippen molar-refractivity contribution in [2.75, 3.05) is 0 Å². The van der Waals surface area contributed by atoms with Crippen LogP contribution in [0.2, 0.25) is 0 Å². The van der Waals surface area contributed by atoms with Crippen LogP contribution in [0.1, 0.15) is 29.5 Å². The fourth-order valence-electron chi connectivity index (χ4n) is 2.88. The van der Waals surface area contributed by atoms with Gasteiger partial charge in [0.25, 0.3) is 0 Å². The SMILES string of the molecule is Cc1cc2c(N=O)c(O)[nH]c2c2c1CCCC2. The quantitative estimate of drug-likeness (QED) is 0.737. The fourth-order valence-corrected chi connectivity index (χ4v) is 2.88. The maximum Gasteiger partial charge on any atom is 0.219 e. The fraction of sp³-hybridized carbons (Fsp3) is 0.385. The highest BCUT2D eigenvalue weighted by molar-refractivity contribution is 5.97. The summed E-state index contributed by atoms with van der Waals surface area (Å²) >= 11 is 0. The lowest BCUT2D eigenvalue weighted by Gasteiger charge is -2.18. The average molecular weight is 230 g/mol. The van der Waals surface area contributed by atoms with Crippen molar-refractivity contribution in [2.24, 2.45) is 5.18 Å². The molecule has 1 aromatic carbocycles. The number of hydrogen-bond donors (Lipinski definition) is 2. The Labute approximate surface area is 98.6 Å². The molecule has 1 aliphatic rings. The van der Waals surface area contributed by atoms with Gasteiger partial charge in [-0.05, 0) is 60.5 Å². The number of aromatic hydroxyl groups is 1. The Kier molecular flexibility index (Phi) is 2.18. The molecule has 88 valence electrons. The Hall–Kier alpha value is -1.84. The summed E-state index contributed by atoms with van der Waals surface area (Å²) in [6, 6.07) is 1.95. The van der Waals surface area contributed by atoms with Crippen LogP contribution >= 0.6 is 0 Å². The van der Waals surface area contributed by atoms with Gasteiger partial charge in [0.2, 0.25) is 5.88 Å². The van der Waals surface area contributed by atoms with Crippen molar-refractivity contribution in [1.82, 2.24) is 4.98 Å². The standard InChI is InChI=1S/C13H14N2O2/c1-7-6-10-11(14-13(16)12(10)15-17)9-5-3-2-4-8(7)9/h6,14,16H,2-5H2,1H3. The van der Waals surface area contributed by atoms with Crippen LogP contribution in [-0.2, 0) is 12.8 Å². The Balaban J connectivity index is 2.41. The van der Waals surface area contributed by atoms with Gasteiger partial charge < -0.3 is 10.1 Å². The molecule has 2 N–H and O–H groups in total. The van der Waals surface area contributed by atoms with Gasteiger partial charge in [-0.2, -0.15) is 0 Å². The first-order valence-corrected chi connectivity index (χ1v) is 5.91. The first-order valence-electron chi connectivity index (χ1n) is 5.91. The molecule has 0 amide bonds. The van der Waals surface area contributed by atoms with Crippen LogP contribution in [0.3, 0.4) is 0 Å². The number of nitrogens with zero attached hydrogens (tertiary/aromatic N) is 1. The molecule has 1 aromatic heterocycles. The summed E-state index contributed by atoms with van der Waals surface area (Å²) in [4.78, 5) is 13.6. The summed E-state index contributed by atoms with van der Waals surface area (Å²) < 4.78 is 0.